The second-order valence-corrected chi connectivity index (χ2v) is 6.79. The minimum atomic E-state index is 0.448. The Morgan fingerprint density at radius 2 is 1.72 bits per heavy atom. The second kappa shape index (κ2) is 12.7. The molecule has 25 heavy (non-hydrogen) atoms. The molecule has 0 aliphatic heterocycles. The van der Waals surface area contributed by atoms with Gasteiger partial charge in [0.15, 0.2) is 10.2 Å². The van der Waals surface area contributed by atoms with Gasteiger partial charge in [0, 0.05) is 12.2 Å². The van der Waals surface area contributed by atoms with Crippen LogP contribution in [0.4, 0.5) is 5.69 Å². The highest BCUT2D eigenvalue weighted by molar-refractivity contribution is 7.80. The Bertz CT molecular complexity index is 522. The summed E-state index contributed by atoms with van der Waals surface area (Å²) in [5, 5.41) is 7.27. The number of unbranched alkanes of at least 4 members (excludes halogenated alkanes) is 2. The topological polar surface area (TPSA) is 57.3 Å². The number of benzene rings is 1. The Labute approximate surface area is 162 Å². The van der Waals surface area contributed by atoms with E-state index in [2.05, 4.69) is 35.3 Å². The van der Waals surface area contributed by atoms with Crippen molar-refractivity contribution in [3.63, 3.8) is 0 Å². The third kappa shape index (κ3) is 10.1. The number of rotatable bonds is 9. The molecule has 0 aromatic heterocycles. The lowest BCUT2D eigenvalue weighted by Crippen LogP contribution is -2.48. The molecular formula is C18H30N4OS2. The van der Waals surface area contributed by atoms with Crippen molar-refractivity contribution in [3.05, 3.63) is 24.3 Å². The van der Waals surface area contributed by atoms with Crippen LogP contribution >= 0.6 is 24.4 Å². The number of hydrogen-bond acceptors (Lipinski definition) is 3. The van der Waals surface area contributed by atoms with Crippen molar-refractivity contribution >= 4 is 40.3 Å². The molecule has 0 amide bonds. The summed E-state index contributed by atoms with van der Waals surface area (Å²) in [6.07, 6.45) is 5.03. The van der Waals surface area contributed by atoms with Gasteiger partial charge < -0.3 is 15.4 Å². The van der Waals surface area contributed by atoms with Crippen molar-refractivity contribution in [3.8, 4) is 5.75 Å². The molecule has 0 aliphatic rings. The predicted molar refractivity (Wildman–Crippen MR) is 114 cm³/mol. The van der Waals surface area contributed by atoms with Crippen molar-refractivity contribution in [1.82, 2.24) is 16.2 Å². The van der Waals surface area contributed by atoms with Crippen LogP contribution < -0.4 is 26.2 Å². The SMILES string of the molecule is CCCCC[C@@H](C)CNC(=S)NNC(=S)Nc1ccc(OCC)cc1. The molecule has 140 valence electrons. The zero-order valence-electron chi connectivity index (χ0n) is 15.4. The molecule has 0 saturated carbocycles. The first-order chi connectivity index (χ1) is 12.0. The molecule has 0 fully saturated rings. The van der Waals surface area contributed by atoms with E-state index in [1.165, 1.54) is 25.7 Å². The first kappa shape index (κ1) is 21.4. The lowest BCUT2D eigenvalue weighted by Gasteiger charge is -2.17. The summed E-state index contributed by atoms with van der Waals surface area (Å²) in [5.74, 6) is 1.43. The van der Waals surface area contributed by atoms with Gasteiger partial charge in [-0.05, 0) is 68.0 Å². The molecule has 0 unspecified atom stereocenters. The Morgan fingerprint density at radius 1 is 1.04 bits per heavy atom. The van der Waals surface area contributed by atoms with Crippen molar-refractivity contribution < 1.29 is 4.74 Å². The molecule has 0 radical (unpaired) electrons. The minimum absolute atomic E-state index is 0.448. The first-order valence-corrected chi connectivity index (χ1v) is 9.70. The molecule has 1 aromatic carbocycles. The van der Waals surface area contributed by atoms with Crippen LogP contribution in [-0.2, 0) is 0 Å². The molecule has 0 saturated heterocycles. The Balaban J connectivity index is 2.21. The van der Waals surface area contributed by atoms with Crippen LogP contribution in [-0.4, -0.2) is 23.4 Å². The van der Waals surface area contributed by atoms with E-state index in [-0.39, 0.29) is 0 Å². The molecule has 4 N–H and O–H groups in total. The molecule has 0 heterocycles. The highest BCUT2D eigenvalue weighted by atomic mass is 32.1. The standard InChI is InChI=1S/C18H30N4OS2/c1-4-6-7-8-14(3)13-19-17(24)21-22-18(25)20-15-9-11-16(12-10-15)23-5-2/h9-12,14H,4-8,13H2,1-3H3,(H2,19,21,24)(H2,20,22,25)/t14-/m1/s1. The summed E-state index contributed by atoms with van der Waals surface area (Å²) in [6, 6.07) is 7.61. The van der Waals surface area contributed by atoms with E-state index in [9.17, 15) is 0 Å². The van der Waals surface area contributed by atoms with Gasteiger partial charge in [-0.15, -0.1) is 0 Å². The van der Waals surface area contributed by atoms with E-state index in [0.717, 1.165) is 18.0 Å². The molecule has 0 aliphatic carbocycles. The van der Waals surface area contributed by atoms with Gasteiger partial charge in [-0.3, -0.25) is 10.9 Å². The van der Waals surface area contributed by atoms with Crippen molar-refractivity contribution in [2.24, 2.45) is 5.92 Å². The molecule has 7 heteroatoms. The summed E-state index contributed by atoms with van der Waals surface area (Å²) < 4.78 is 5.41. The maximum atomic E-state index is 5.41. The van der Waals surface area contributed by atoms with Gasteiger partial charge in [0.25, 0.3) is 0 Å². The van der Waals surface area contributed by atoms with Crippen LogP contribution in [0, 0.1) is 5.92 Å². The number of ether oxygens (including phenoxy) is 1. The number of hydrogen-bond donors (Lipinski definition) is 4. The number of thiocarbonyl (C=S) groups is 2. The van der Waals surface area contributed by atoms with E-state index in [1.807, 2.05) is 31.2 Å². The Morgan fingerprint density at radius 3 is 2.36 bits per heavy atom. The van der Waals surface area contributed by atoms with E-state index in [4.69, 9.17) is 29.2 Å². The highest BCUT2D eigenvalue weighted by Crippen LogP contribution is 2.15. The van der Waals surface area contributed by atoms with Crippen molar-refractivity contribution in [2.75, 3.05) is 18.5 Å². The van der Waals surface area contributed by atoms with Crippen molar-refractivity contribution in [1.29, 1.82) is 0 Å². The zero-order chi connectivity index (χ0) is 18.5. The smallest absolute Gasteiger partial charge is 0.189 e. The summed E-state index contributed by atoms with van der Waals surface area (Å²) in [5.41, 5.74) is 6.66. The second-order valence-electron chi connectivity index (χ2n) is 5.97. The van der Waals surface area contributed by atoms with Crippen LogP contribution in [0.1, 0.15) is 46.5 Å². The maximum Gasteiger partial charge on any atom is 0.189 e. The molecule has 1 rings (SSSR count). The average Bonchev–Trinajstić information content (AvgIpc) is 2.60. The first-order valence-electron chi connectivity index (χ1n) is 8.88. The largest absolute Gasteiger partial charge is 0.494 e. The van der Waals surface area contributed by atoms with E-state index in [1.54, 1.807) is 0 Å². The van der Waals surface area contributed by atoms with Gasteiger partial charge in [-0.2, -0.15) is 0 Å². The third-order valence-electron chi connectivity index (χ3n) is 3.62. The number of hydrazine groups is 1. The molecule has 0 spiro atoms. The summed E-state index contributed by atoms with van der Waals surface area (Å²) in [6.45, 7) is 7.92. The number of anilines is 1. The highest BCUT2D eigenvalue weighted by Gasteiger charge is 2.04. The molecule has 5 nitrogen and oxygen atoms in total. The van der Waals surface area contributed by atoms with Gasteiger partial charge >= 0.3 is 0 Å². The molecule has 0 bridgehead atoms. The minimum Gasteiger partial charge on any atom is -0.494 e. The predicted octanol–water partition coefficient (Wildman–Crippen LogP) is 3.97. The van der Waals surface area contributed by atoms with Crippen LogP contribution in [0.15, 0.2) is 24.3 Å². The van der Waals surface area contributed by atoms with E-state index >= 15 is 0 Å². The summed E-state index contributed by atoms with van der Waals surface area (Å²) >= 11 is 10.5. The average molecular weight is 383 g/mol. The molecular weight excluding hydrogens is 352 g/mol. The van der Waals surface area contributed by atoms with E-state index in [0.29, 0.717) is 22.7 Å². The lowest BCUT2D eigenvalue weighted by atomic mass is 10.0. The maximum absolute atomic E-state index is 5.41. The zero-order valence-corrected chi connectivity index (χ0v) is 17.0. The normalized spacial score (nSPS) is 11.3. The lowest BCUT2D eigenvalue weighted by molar-refractivity contribution is 0.340. The summed E-state index contributed by atoms with van der Waals surface area (Å²) in [4.78, 5) is 0. The van der Waals surface area contributed by atoms with Gasteiger partial charge in [-0.25, -0.2) is 0 Å². The van der Waals surface area contributed by atoms with E-state index < -0.39 is 0 Å². The Hall–Kier alpha value is -1.60. The van der Waals surface area contributed by atoms with Crippen LogP contribution in [0.2, 0.25) is 0 Å². The quantitative estimate of drug-likeness (QED) is 0.293. The summed E-state index contributed by atoms with van der Waals surface area (Å²) in [7, 11) is 0. The monoisotopic (exact) mass is 382 g/mol. The van der Waals surface area contributed by atoms with Crippen LogP contribution in [0.5, 0.6) is 5.75 Å². The molecule has 1 aromatic rings. The van der Waals surface area contributed by atoms with Crippen LogP contribution in [0.3, 0.4) is 0 Å². The van der Waals surface area contributed by atoms with Crippen molar-refractivity contribution in [2.45, 2.75) is 46.5 Å². The van der Waals surface area contributed by atoms with Gasteiger partial charge in [0.1, 0.15) is 5.75 Å². The van der Waals surface area contributed by atoms with Crippen LogP contribution in [0.25, 0.3) is 0 Å². The number of nitrogens with one attached hydrogen (secondary N) is 4. The fourth-order valence-electron chi connectivity index (χ4n) is 2.23. The van der Waals surface area contributed by atoms with Gasteiger partial charge in [-0.1, -0.05) is 33.1 Å². The third-order valence-corrected chi connectivity index (χ3v) is 4.07. The fourth-order valence-corrected chi connectivity index (χ4v) is 2.54. The molecule has 1 atom stereocenters. The van der Waals surface area contributed by atoms with Gasteiger partial charge in [0.2, 0.25) is 0 Å². The Kier molecular flexibility index (Phi) is 10.9. The fraction of sp³-hybridized carbons (Fsp3) is 0.556. The van der Waals surface area contributed by atoms with Gasteiger partial charge in [0.05, 0.1) is 6.61 Å².